The molecule has 3 radical (unpaired) electrons. The zero-order valence-corrected chi connectivity index (χ0v) is 60.0. The number of tetrazole rings is 4. The monoisotopic (exact) mass is 1930 g/mol. The summed E-state index contributed by atoms with van der Waals surface area (Å²) in [5.74, 6) is 1.17. The van der Waals surface area contributed by atoms with Gasteiger partial charge in [-0.1, -0.05) is 168 Å². The third kappa shape index (κ3) is 14.2. The van der Waals surface area contributed by atoms with Gasteiger partial charge >= 0.3 is 0 Å². The first-order valence-electron chi connectivity index (χ1n) is 28.0. The summed E-state index contributed by atoms with van der Waals surface area (Å²) < 4.78 is 3.42. The molecule has 2 aliphatic carbocycles. The van der Waals surface area contributed by atoms with E-state index in [-0.39, 0.29) is 92.2 Å². The fourth-order valence-electron chi connectivity index (χ4n) is 10.8. The van der Waals surface area contributed by atoms with Gasteiger partial charge in [0, 0.05) is 87.6 Å². The van der Waals surface area contributed by atoms with Gasteiger partial charge in [-0.15, -0.1) is 121 Å². The van der Waals surface area contributed by atoms with Crippen molar-refractivity contribution < 1.29 is 91.0 Å². The second-order valence-corrected chi connectivity index (χ2v) is 22.6. The van der Waals surface area contributed by atoms with Crippen molar-refractivity contribution in [2.24, 2.45) is 14.1 Å². The molecule has 8 aromatic carbocycles. The van der Waals surface area contributed by atoms with Crippen LogP contribution in [0.5, 0.6) is 0 Å². The Morgan fingerprint density at radius 3 is 1.74 bits per heavy atom. The third-order valence-electron chi connectivity index (χ3n) is 15.2. The second-order valence-electron chi connectivity index (χ2n) is 21.6. The molecule has 0 bridgehead atoms. The van der Waals surface area contributed by atoms with Crippen LogP contribution in [0.15, 0.2) is 224 Å². The normalized spacial score (nSPS) is 12.1. The molecular formula is C69H55Ir3N17PtS-2. The average Bonchev–Trinajstić information content (AvgIpc) is 1.60. The van der Waals surface area contributed by atoms with Crippen LogP contribution in [0, 0.1) is 24.3 Å². The molecule has 17 nitrogen and oxygen atoms in total. The zero-order chi connectivity index (χ0) is 59.5. The molecule has 16 rings (SSSR count). The first kappa shape index (κ1) is 66.9. The van der Waals surface area contributed by atoms with Crippen LogP contribution in [0.25, 0.3) is 89.5 Å². The molecule has 0 spiro atoms. The molecule has 91 heavy (non-hydrogen) atoms. The summed E-state index contributed by atoms with van der Waals surface area (Å²) in [6, 6.07) is 80.1. The van der Waals surface area contributed by atoms with E-state index in [1.807, 2.05) is 128 Å². The fourth-order valence-corrected chi connectivity index (χ4v) is 11.5. The summed E-state index contributed by atoms with van der Waals surface area (Å²) >= 11 is 1.56. The minimum atomic E-state index is -0.0159. The van der Waals surface area contributed by atoms with Crippen molar-refractivity contribution in [2.45, 2.75) is 38.5 Å². The molecule has 2 aliphatic rings. The molecule has 14 aromatic rings. The van der Waals surface area contributed by atoms with Crippen LogP contribution in [-0.2, 0) is 106 Å². The minimum Gasteiger partial charge on any atom is -0.258 e. The predicted octanol–water partition coefficient (Wildman–Crippen LogP) is 11.4. The molecule has 0 amide bonds. The molecule has 461 valence electrons. The van der Waals surface area contributed by atoms with Gasteiger partial charge in [0.15, 0.2) is 5.69 Å². The Morgan fingerprint density at radius 2 is 1.08 bits per heavy atom. The topological polar surface area (TPSA) is 169 Å². The van der Waals surface area contributed by atoms with Crippen molar-refractivity contribution in [2.75, 3.05) is 0 Å². The van der Waals surface area contributed by atoms with Crippen LogP contribution in [0.4, 0.5) is 0 Å². The van der Waals surface area contributed by atoms with Crippen molar-refractivity contribution in [3.05, 3.63) is 271 Å². The van der Waals surface area contributed by atoms with Crippen molar-refractivity contribution in [3.8, 4) is 89.5 Å². The molecule has 0 aliphatic heterocycles. The Bertz CT molecular complexity index is 4560. The second kappa shape index (κ2) is 29.2. The number of fused-ring (bicyclic) bond motifs is 6. The summed E-state index contributed by atoms with van der Waals surface area (Å²) in [4.78, 5) is 10.5. The quantitative estimate of drug-likeness (QED) is 0.105. The summed E-state index contributed by atoms with van der Waals surface area (Å²) in [7, 11) is 3.63. The van der Waals surface area contributed by atoms with E-state index in [1.54, 1.807) is 56.2 Å². The van der Waals surface area contributed by atoms with Gasteiger partial charge in [0.05, 0.1) is 24.1 Å². The van der Waals surface area contributed by atoms with Crippen molar-refractivity contribution >= 4 is 11.3 Å². The van der Waals surface area contributed by atoms with E-state index in [0.717, 1.165) is 55.6 Å². The molecule has 0 saturated heterocycles. The summed E-state index contributed by atoms with van der Waals surface area (Å²) in [6.45, 7) is 9.03. The van der Waals surface area contributed by atoms with Crippen LogP contribution in [-0.4, -0.2) is 75.4 Å². The molecule has 22 heteroatoms. The van der Waals surface area contributed by atoms with Crippen molar-refractivity contribution in [1.82, 2.24) is 75.4 Å². The van der Waals surface area contributed by atoms with Gasteiger partial charge in [-0.05, 0) is 89.1 Å². The van der Waals surface area contributed by atoms with Crippen molar-refractivity contribution in [3.63, 3.8) is 0 Å². The third-order valence-corrected chi connectivity index (χ3v) is 16.1. The van der Waals surface area contributed by atoms with E-state index in [4.69, 9.17) is 0 Å². The van der Waals surface area contributed by atoms with E-state index in [1.165, 1.54) is 54.1 Å². The molecule has 0 N–H and O–H groups in total. The maximum atomic E-state index is 4.48. The number of pyridine rings is 1. The number of benzene rings is 8. The molecule has 0 saturated carbocycles. The van der Waals surface area contributed by atoms with Gasteiger partial charge in [0.25, 0.3) is 6.33 Å². The van der Waals surface area contributed by atoms with Gasteiger partial charge in [-0.3, -0.25) is 4.98 Å². The first-order chi connectivity index (χ1) is 42.4. The number of thiophene rings is 1. The van der Waals surface area contributed by atoms with Crippen molar-refractivity contribution in [1.29, 1.82) is 0 Å². The van der Waals surface area contributed by atoms with Gasteiger partial charge in [0.1, 0.15) is 34.1 Å². The summed E-state index contributed by atoms with van der Waals surface area (Å²) in [5, 5.41) is 45.1. The summed E-state index contributed by atoms with van der Waals surface area (Å²) in [6.07, 6.45) is 5.15. The van der Waals surface area contributed by atoms with E-state index in [2.05, 4.69) is 193 Å². The van der Waals surface area contributed by atoms with Gasteiger partial charge in [-0.25, -0.2) is 0 Å². The van der Waals surface area contributed by atoms with Crippen LogP contribution in [0.1, 0.15) is 49.9 Å². The molecule has 6 aromatic heterocycles. The fraction of sp³-hybridized carbons (Fsp3) is 0.116. The Morgan fingerprint density at radius 1 is 0.484 bits per heavy atom. The smallest absolute Gasteiger partial charge is 0.253 e. The van der Waals surface area contributed by atoms with Gasteiger partial charge in [-0.2, -0.15) is 43.4 Å². The Balaban J connectivity index is 0.000000142. The molecule has 0 fully saturated rings. The maximum absolute atomic E-state index is 4.48. The van der Waals surface area contributed by atoms with E-state index < -0.39 is 0 Å². The van der Waals surface area contributed by atoms with E-state index in [0.29, 0.717) is 11.6 Å². The standard InChI is InChI=1S/C19H14N4.C17H16N4.C17H15N4.C16H10N5S.3Ir.Pt/c1-3-8-16(9-4-1)17-10-7-13-19(14-17)23-20-15-22(21-23)18-11-5-2-6-12-18;1-17(2)15-7-5-4-6-13(15)14-9-8-12(10-16(14)17)21-18-11-20(3)19-21;1-17(2)14-7-5-4-6-12(14)13-9-8-11(10-15(13)17)16-18-20-21(3)19-16;1-2-9-17-14(7-1)12-5-3-6-13(11-12)16-18-20-21(19-16)15-8-4-10-22-15;;;;/h1-12,14-15H;4-7,9-11H,1-3H3;4-7,9-10H,1-3H3;1-5,7-11H;;;;/q;;2*-1;;;;. The molecule has 0 atom stereocenters. The number of hydrogen-bond acceptors (Lipinski definition) is 12. The first-order valence-corrected chi connectivity index (χ1v) is 28.9. The maximum Gasteiger partial charge on any atom is 0.253 e. The minimum absolute atomic E-state index is 0. The number of para-hydroxylation sites is 1. The van der Waals surface area contributed by atoms with E-state index in [9.17, 15) is 0 Å². The Labute approximate surface area is 585 Å². The summed E-state index contributed by atoms with van der Waals surface area (Å²) in [5.41, 5.74) is 18.9. The molecular weight excluding hydrogens is 1870 g/mol. The largest absolute Gasteiger partial charge is 0.258 e. The molecule has 0 unspecified atom stereocenters. The zero-order valence-electron chi connectivity index (χ0n) is 49.7. The number of aryl methyl sites for hydroxylation is 2. The number of rotatable bonds is 8. The SMILES string of the molecule is Cn1cn[n+](-c2[c-]cc3c(c2)C(C)(C)c2ccccc2-3)n1.Cn1nnc(-c2[c-]cc3c(c2)C(C)(C)c2ccccc2-3)n1.[Ir].[Ir].[Ir].[Pt].[c-]1ccc(-c2ccccc2)cc1-[n+]1ncn(-c2ccccc2)n1.[c-]1ccc(-c2ccccn2)cc1-c1nnn(-c2cccs2)n1. The number of nitrogens with zero attached hydrogens (tertiary/aromatic N) is 17. The number of hydrogen-bond donors (Lipinski definition) is 0. The van der Waals surface area contributed by atoms with Crippen LogP contribution < -0.4 is 9.59 Å². The van der Waals surface area contributed by atoms with Crippen LogP contribution in [0.2, 0.25) is 0 Å². The van der Waals surface area contributed by atoms with Gasteiger partial charge in [0.2, 0.25) is 6.33 Å². The van der Waals surface area contributed by atoms with Crippen LogP contribution >= 0.6 is 11.3 Å². The van der Waals surface area contributed by atoms with Crippen LogP contribution in [0.3, 0.4) is 0 Å². The Hall–Kier alpha value is -8.47. The van der Waals surface area contributed by atoms with Gasteiger partial charge < -0.3 is 0 Å². The molecule has 6 heterocycles. The Kier molecular flexibility index (Phi) is 21.5. The number of aromatic nitrogens is 17. The van der Waals surface area contributed by atoms with E-state index >= 15 is 0 Å². The average molecular weight is 1930 g/mol. The predicted molar refractivity (Wildman–Crippen MR) is 331 cm³/mol.